The summed E-state index contributed by atoms with van der Waals surface area (Å²) in [6.07, 6.45) is 1.82. The lowest BCUT2D eigenvalue weighted by molar-refractivity contribution is 0.0746. The van der Waals surface area contributed by atoms with Crippen molar-refractivity contribution in [2.24, 2.45) is 0 Å². The van der Waals surface area contributed by atoms with Crippen molar-refractivity contribution >= 4 is 22.8 Å². The summed E-state index contributed by atoms with van der Waals surface area (Å²) in [4.78, 5) is 26.1. The molecule has 0 radical (unpaired) electrons. The molecule has 0 spiro atoms. The fraction of sp³-hybridized carbons (Fsp3) is 0.318. The summed E-state index contributed by atoms with van der Waals surface area (Å²) in [7, 11) is 0. The molecule has 0 saturated carbocycles. The third-order valence-corrected chi connectivity index (χ3v) is 5.15. The van der Waals surface area contributed by atoms with E-state index in [1.165, 1.54) is 5.56 Å². The molecular formula is C22H24N4O. The fourth-order valence-electron chi connectivity index (χ4n) is 3.43. The van der Waals surface area contributed by atoms with Gasteiger partial charge in [-0.25, -0.2) is 4.98 Å². The Bertz CT molecular complexity index is 944. The molecule has 138 valence electrons. The SMILES string of the molecule is CC(C)c1ccc(C(=O)N2CCN(c3cnc4ccccc4n3)CC2)cc1. The Balaban J connectivity index is 1.42. The molecule has 1 aliphatic heterocycles. The predicted molar refractivity (Wildman–Crippen MR) is 108 cm³/mol. The van der Waals surface area contributed by atoms with Crippen LogP contribution < -0.4 is 4.90 Å². The van der Waals surface area contributed by atoms with E-state index in [0.717, 1.165) is 35.5 Å². The largest absolute Gasteiger partial charge is 0.352 e. The summed E-state index contributed by atoms with van der Waals surface area (Å²) in [6.45, 7) is 7.24. The average molecular weight is 360 g/mol. The van der Waals surface area contributed by atoms with E-state index in [1.807, 2.05) is 47.5 Å². The van der Waals surface area contributed by atoms with Gasteiger partial charge in [0.15, 0.2) is 0 Å². The van der Waals surface area contributed by atoms with Gasteiger partial charge in [0.25, 0.3) is 5.91 Å². The minimum absolute atomic E-state index is 0.106. The number of para-hydroxylation sites is 2. The van der Waals surface area contributed by atoms with E-state index in [-0.39, 0.29) is 5.91 Å². The molecular weight excluding hydrogens is 336 g/mol. The zero-order valence-electron chi connectivity index (χ0n) is 15.8. The molecule has 0 bridgehead atoms. The first-order valence-corrected chi connectivity index (χ1v) is 9.48. The Labute approximate surface area is 159 Å². The van der Waals surface area contributed by atoms with Crippen molar-refractivity contribution in [3.63, 3.8) is 0 Å². The number of carbonyl (C=O) groups excluding carboxylic acids is 1. The lowest BCUT2D eigenvalue weighted by atomic mass is 10.0. The second-order valence-corrected chi connectivity index (χ2v) is 7.27. The van der Waals surface area contributed by atoms with E-state index >= 15 is 0 Å². The van der Waals surface area contributed by atoms with E-state index in [1.54, 1.807) is 0 Å². The van der Waals surface area contributed by atoms with Crippen LogP contribution in [0, 0.1) is 0 Å². The zero-order chi connectivity index (χ0) is 18.8. The summed E-state index contributed by atoms with van der Waals surface area (Å²) in [5, 5.41) is 0. The van der Waals surface area contributed by atoms with Gasteiger partial charge in [-0.15, -0.1) is 0 Å². The van der Waals surface area contributed by atoms with Crippen LogP contribution >= 0.6 is 0 Å². The Kier molecular flexibility index (Phi) is 4.75. The molecule has 0 N–H and O–H groups in total. The van der Waals surface area contributed by atoms with Gasteiger partial charge in [0.1, 0.15) is 5.82 Å². The average Bonchev–Trinajstić information content (AvgIpc) is 2.73. The van der Waals surface area contributed by atoms with Crippen LogP contribution in [0.5, 0.6) is 0 Å². The van der Waals surface area contributed by atoms with Gasteiger partial charge in [0.2, 0.25) is 0 Å². The third-order valence-electron chi connectivity index (χ3n) is 5.15. The second kappa shape index (κ2) is 7.35. The van der Waals surface area contributed by atoms with Gasteiger partial charge in [-0.05, 0) is 35.7 Å². The molecule has 1 aromatic heterocycles. The number of rotatable bonds is 3. The molecule has 0 unspecified atom stereocenters. The highest BCUT2D eigenvalue weighted by molar-refractivity contribution is 5.94. The molecule has 2 aromatic carbocycles. The zero-order valence-corrected chi connectivity index (χ0v) is 15.8. The van der Waals surface area contributed by atoms with Crippen LogP contribution in [0.25, 0.3) is 11.0 Å². The minimum Gasteiger partial charge on any atom is -0.352 e. The van der Waals surface area contributed by atoms with Gasteiger partial charge in [-0.3, -0.25) is 9.78 Å². The van der Waals surface area contributed by atoms with E-state index in [9.17, 15) is 4.79 Å². The van der Waals surface area contributed by atoms with Gasteiger partial charge in [-0.2, -0.15) is 0 Å². The van der Waals surface area contributed by atoms with Crippen LogP contribution in [-0.2, 0) is 0 Å². The van der Waals surface area contributed by atoms with Crippen LogP contribution in [-0.4, -0.2) is 47.0 Å². The van der Waals surface area contributed by atoms with Gasteiger partial charge in [0.05, 0.1) is 17.2 Å². The number of benzene rings is 2. The Morgan fingerprint density at radius 1 is 0.926 bits per heavy atom. The van der Waals surface area contributed by atoms with Gasteiger partial charge in [-0.1, -0.05) is 38.1 Å². The standard InChI is InChI=1S/C22H24N4O/c1-16(2)17-7-9-18(10-8-17)22(27)26-13-11-25(12-14-26)21-15-23-19-5-3-4-6-20(19)24-21/h3-10,15-16H,11-14H2,1-2H3. The van der Waals surface area contributed by atoms with Crippen molar-refractivity contribution in [3.05, 3.63) is 65.9 Å². The highest BCUT2D eigenvalue weighted by Gasteiger charge is 2.23. The van der Waals surface area contributed by atoms with Gasteiger partial charge in [0, 0.05) is 31.7 Å². The Morgan fingerprint density at radius 2 is 1.59 bits per heavy atom. The molecule has 1 fully saturated rings. The lowest BCUT2D eigenvalue weighted by Crippen LogP contribution is -2.49. The highest BCUT2D eigenvalue weighted by atomic mass is 16.2. The number of hydrogen-bond donors (Lipinski definition) is 0. The maximum absolute atomic E-state index is 12.8. The van der Waals surface area contributed by atoms with Crippen LogP contribution in [0.3, 0.4) is 0 Å². The van der Waals surface area contributed by atoms with E-state index in [0.29, 0.717) is 19.0 Å². The molecule has 5 nitrogen and oxygen atoms in total. The van der Waals surface area contributed by atoms with E-state index < -0.39 is 0 Å². The maximum atomic E-state index is 12.8. The van der Waals surface area contributed by atoms with Gasteiger partial charge >= 0.3 is 0 Å². The van der Waals surface area contributed by atoms with Crippen LogP contribution in [0.4, 0.5) is 5.82 Å². The van der Waals surface area contributed by atoms with E-state index in [2.05, 4.69) is 35.9 Å². The number of fused-ring (bicyclic) bond motifs is 1. The number of carbonyl (C=O) groups is 1. The summed E-state index contributed by atoms with van der Waals surface area (Å²) < 4.78 is 0. The van der Waals surface area contributed by atoms with Crippen molar-refractivity contribution in [1.82, 2.24) is 14.9 Å². The first kappa shape index (κ1) is 17.5. The Hall–Kier alpha value is -2.95. The smallest absolute Gasteiger partial charge is 0.253 e. The second-order valence-electron chi connectivity index (χ2n) is 7.27. The Morgan fingerprint density at radius 3 is 2.26 bits per heavy atom. The van der Waals surface area contributed by atoms with Crippen molar-refractivity contribution in [3.8, 4) is 0 Å². The van der Waals surface area contributed by atoms with Crippen molar-refractivity contribution in [2.75, 3.05) is 31.1 Å². The van der Waals surface area contributed by atoms with Crippen molar-refractivity contribution in [1.29, 1.82) is 0 Å². The van der Waals surface area contributed by atoms with E-state index in [4.69, 9.17) is 4.98 Å². The molecule has 5 heteroatoms. The molecule has 4 rings (SSSR count). The van der Waals surface area contributed by atoms with Crippen LogP contribution in [0.15, 0.2) is 54.7 Å². The van der Waals surface area contributed by atoms with Crippen LogP contribution in [0.2, 0.25) is 0 Å². The normalized spacial score (nSPS) is 14.8. The van der Waals surface area contributed by atoms with Gasteiger partial charge < -0.3 is 9.80 Å². The molecule has 1 saturated heterocycles. The quantitative estimate of drug-likeness (QED) is 0.714. The summed E-state index contributed by atoms with van der Waals surface area (Å²) in [5.74, 6) is 1.46. The van der Waals surface area contributed by atoms with Crippen molar-refractivity contribution in [2.45, 2.75) is 19.8 Å². The number of aromatic nitrogens is 2. The number of nitrogens with zero attached hydrogens (tertiary/aromatic N) is 4. The highest BCUT2D eigenvalue weighted by Crippen LogP contribution is 2.19. The van der Waals surface area contributed by atoms with Crippen molar-refractivity contribution < 1.29 is 4.79 Å². The maximum Gasteiger partial charge on any atom is 0.253 e. The first-order chi connectivity index (χ1) is 13.1. The number of amides is 1. The minimum atomic E-state index is 0.106. The number of anilines is 1. The molecule has 27 heavy (non-hydrogen) atoms. The molecule has 2 heterocycles. The summed E-state index contributed by atoms with van der Waals surface area (Å²) in [6, 6.07) is 15.9. The molecule has 1 aliphatic rings. The molecule has 0 atom stereocenters. The summed E-state index contributed by atoms with van der Waals surface area (Å²) in [5.41, 5.74) is 3.82. The number of hydrogen-bond acceptors (Lipinski definition) is 4. The third kappa shape index (κ3) is 3.63. The predicted octanol–water partition coefficient (Wildman–Crippen LogP) is 3.72. The van der Waals surface area contributed by atoms with Crippen LogP contribution in [0.1, 0.15) is 35.7 Å². The molecule has 3 aromatic rings. The first-order valence-electron chi connectivity index (χ1n) is 9.48. The monoisotopic (exact) mass is 360 g/mol. The molecule has 1 amide bonds. The summed E-state index contributed by atoms with van der Waals surface area (Å²) >= 11 is 0. The topological polar surface area (TPSA) is 49.3 Å². The molecule has 0 aliphatic carbocycles. The fourth-order valence-corrected chi connectivity index (χ4v) is 3.43. The number of piperazine rings is 1. The lowest BCUT2D eigenvalue weighted by Gasteiger charge is -2.35.